The molecule has 4 rings (SSSR count). The van der Waals surface area contributed by atoms with E-state index in [0.717, 1.165) is 6.07 Å². The van der Waals surface area contributed by atoms with Gasteiger partial charge in [0.25, 0.3) is 5.91 Å². The summed E-state index contributed by atoms with van der Waals surface area (Å²) in [4.78, 5) is 28.3. The molecule has 1 aliphatic rings. The van der Waals surface area contributed by atoms with Crippen LogP contribution in [0.25, 0.3) is 0 Å². The summed E-state index contributed by atoms with van der Waals surface area (Å²) in [6.45, 7) is 0.0126. The minimum atomic E-state index is -0.983. The lowest BCUT2D eigenvalue weighted by Crippen LogP contribution is -2.45. The number of hydrogen-bond donors (Lipinski definition) is 1. The third-order valence-electron chi connectivity index (χ3n) is 6.15. The van der Waals surface area contributed by atoms with Crippen molar-refractivity contribution in [3.8, 4) is 11.5 Å². The second-order valence-corrected chi connectivity index (χ2v) is 8.52. The van der Waals surface area contributed by atoms with Crippen molar-refractivity contribution in [1.82, 2.24) is 10.2 Å². The fourth-order valence-corrected chi connectivity index (χ4v) is 4.63. The van der Waals surface area contributed by atoms with Gasteiger partial charge in [-0.3, -0.25) is 9.59 Å². The summed E-state index contributed by atoms with van der Waals surface area (Å²) in [6.07, 6.45) is 0. The minimum absolute atomic E-state index is 0.0126. The predicted octanol–water partition coefficient (Wildman–Crippen LogP) is 4.86. The topological polar surface area (TPSA) is 67.9 Å². The van der Waals surface area contributed by atoms with Gasteiger partial charge in [-0.25, -0.2) is 8.78 Å². The Kier molecular flexibility index (Phi) is 6.93. The molecule has 0 bridgehead atoms. The van der Waals surface area contributed by atoms with Gasteiger partial charge in [0.05, 0.1) is 26.2 Å². The number of carbonyl (C=O) groups excluding carboxylic acids is 2. The Morgan fingerprint density at radius 3 is 2.37 bits per heavy atom. The molecule has 0 aliphatic carbocycles. The van der Waals surface area contributed by atoms with Crippen molar-refractivity contribution < 1.29 is 27.8 Å². The third-order valence-corrected chi connectivity index (χ3v) is 6.50. The Balaban J connectivity index is 1.82. The van der Waals surface area contributed by atoms with Crippen LogP contribution in [0.2, 0.25) is 5.02 Å². The maximum absolute atomic E-state index is 14.9. The van der Waals surface area contributed by atoms with E-state index in [-0.39, 0.29) is 28.6 Å². The average Bonchev–Trinajstić information content (AvgIpc) is 2.85. The number of methoxy groups -OCH3 is 2. The summed E-state index contributed by atoms with van der Waals surface area (Å²) in [6, 6.07) is 12.1. The maximum atomic E-state index is 14.9. The first kappa shape index (κ1) is 24.5. The number of hydrogen-bond acceptors (Lipinski definition) is 4. The zero-order valence-electron chi connectivity index (χ0n) is 19.3. The Labute approximate surface area is 206 Å². The van der Waals surface area contributed by atoms with Crippen LogP contribution in [0.1, 0.15) is 39.0 Å². The molecule has 0 aromatic heterocycles. The highest BCUT2D eigenvalue weighted by Gasteiger charge is 2.44. The van der Waals surface area contributed by atoms with Crippen molar-refractivity contribution in [3.05, 3.63) is 93.5 Å². The Hall–Kier alpha value is -3.65. The summed E-state index contributed by atoms with van der Waals surface area (Å²) >= 11 is 6.12. The number of nitrogens with zero attached hydrogens (tertiary/aromatic N) is 1. The molecule has 0 saturated carbocycles. The zero-order chi connectivity index (χ0) is 25.3. The molecule has 0 unspecified atom stereocenters. The van der Waals surface area contributed by atoms with Gasteiger partial charge < -0.3 is 19.7 Å². The number of halogens is 3. The van der Waals surface area contributed by atoms with Gasteiger partial charge in [-0.1, -0.05) is 35.9 Å². The van der Waals surface area contributed by atoms with Crippen LogP contribution in [0, 0.1) is 11.6 Å². The van der Waals surface area contributed by atoms with E-state index in [1.54, 1.807) is 18.2 Å². The van der Waals surface area contributed by atoms with E-state index in [9.17, 15) is 18.4 Å². The van der Waals surface area contributed by atoms with E-state index in [2.05, 4.69) is 5.32 Å². The van der Waals surface area contributed by atoms with Gasteiger partial charge >= 0.3 is 0 Å². The van der Waals surface area contributed by atoms with Crippen LogP contribution in [-0.4, -0.2) is 38.0 Å². The first-order chi connectivity index (χ1) is 16.8. The van der Waals surface area contributed by atoms with Gasteiger partial charge in [0.2, 0.25) is 5.91 Å². The van der Waals surface area contributed by atoms with Gasteiger partial charge in [0, 0.05) is 29.7 Å². The normalized spacial score (nSPS) is 17.1. The van der Waals surface area contributed by atoms with E-state index in [1.165, 1.54) is 56.5 Å². The van der Waals surface area contributed by atoms with Crippen LogP contribution < -0.4 is 14.8 Å². The van der Waals surface area contributed by atoms with Gasteiger partial charge in [-0.15, -0.1) is 0 Å². The molecule has 0 radical (unpaired) electrons. The number of carbonyl (C=O) groups is 2. The second kappa shape index (κ2) is 9.92. The molecular formula is C26H23ClF2N2O4. The van der Waals surface area contributed by atoms with Crippen LogP contribution >= 0.6 is 11.6 Å². The number of likely N-dealkylation sites (N-methyl/N-ethyl adjacent to an activating group) is 1. The molecule has 1 aliphatic heterocycles. The Morgan fingerprint density at radius 1 is 1.03 bits per heavy atom. The fraction of sp³-hybridized carbons (Fsp3) is 0.231. The van der Waals surface area contributed by atoms with Gasteiger partial charge in [-0.2, -0.15) is 0 Å². The van der Waals surface area contributed by atoms with Crippen LogP contribution in [0.4, 0.5) is 8.78 Å². The molecule has 1 N–H and O–H groups in total. The van der Waals surface area contributed by atoms with Crippen molar-refractivity contribution in [3.63, 3.8) is 0 Å². The predicted molar refractivity (Wildman–Crippen MR) is 127 cm³/mol. The quantitative estimate of drug-likeness (QED) is 0.525. The van der Waals surface area contributed by atoms with E-state index >= 15 is 0 Å². The molecule has 182 valence electrons. The second-order valence-electron chi connectivity index (χ2n) is 8.11. The molecule has 2 atom stereocenters. The Morgan fingerprint density at radius 2 is 1.71 bits per heavy atom. The molecule has 9 heteroatoms. The summed E-state index contributed by atoms with van der Waals surface area (Å²) < 4.78 is 39.1. The fourth-order valence-electron chi connectivity index (χ4n) is 4.39. The minimum Gasteiger partial charge on any atom is -0.493 e. The van der Waals surface area contributed by atoms with E-state index < -0.39 is 29.5 Å². The highest BCUT2D eigenvalue weighted by atomic mass is 35.5. The maximum Gasteiger partial charge on any atom is 0.254 e. The van der Waals surface area contributed by atoms with Crippen molar-refractivity contribution in [2.75, 3.05) is 21.3 Å². The molecular weight excluding hydrogens is 478 g/mol. The monoisotopic (exact) mass is 500 g/mol. The molecule has 1 heterocycles. The number of fused-ring (bicyclic) bond motifs is 1. The van der Waals surface area contributed by atoms with Gasteiger partial charge in [-0.05, 0) is 41.5 Å². The molecule has 3 aromatic carbocycles. The average molecular weight is 501 g/mol. The zero-order valence-corrected chi connectivity index (χ0v) is 20.0. The summed E-state index contributed by atoms with van der Waals surface area (Å²) in [5.74, 6) is -2.22. The van der Waals surface area contributed by atoms with Crippen LogP contribution in [0.3, 0.4) is 0 Å². The highest BCUT2D eigenvalue weighted by Crippen LogP contribution is 2.46. The summed E-state index contributed by atoms with van der Waals surface area (Å²) in [7, 11) is 4.41. The van der Waals surface area contributed by atoms with Crippen LogP contribution in [-0.2, 0) is 11.3 Å². The van der Waals surface area contributed by atoms with E-state index in [4.69, 9.17) is 21.1 Å². The smallest absolute Gasteiger partial charge is 0.254 e. The third kappa shape index (κ3) is 4.53. The van der Waals surface area contributed by atoms with Gasteiger partial charge in [0.15, 0.2) is 11.5 Å². The summed E-state index contributed by atoms with van der Waals surface area (Å²) in [5.41, 5.74) is 1.33. The molecule has 0 saturated heterocycles. The number of rotatable bonds is 6. The number of benzene rings is 3. The van der Waals surface area contributed by atoms with Crippen LogP contribution in [0.5, 0.6) is 11.5 Å². The summed E-state index contributed by atoms with van der Waals surface area (Å²) in [5, 5.41) is 2.98. The standard InChI is InChI=1S/C26H23ClF2N2O4/c1-31-24(16-6-4-5-7-20(16)29)23(25(32)30-13-14-8-9-15(28)10-19(14)27)17-11-21(34-2)22(35-3)12-18(17)26(31)33/h4-12,23-24H,13H2,1-3H3,(H,30,32)/t23-,24-/m0/s1. The van der Waals surface area contributed by atoms with Crippen molar-refractivity contribution in [2.45, 2.75) is 18.5 Å². The molecule has 0 spiro atoms. The van der Waals surface area contributed by atoms with Gasteiger partial charge in [0.1, 0.15) is 11.6 Å². The Bertz CT molecular complexity index is 1300. The first-order valence-electron chi connectivity index (χ1n) is 10.8. The van der Waals surface area contributed by atoms with Crippen molar-refractivity contribution in [1.29, 1.82) is 0 Å². The van der Waals surface area contributed by atoms with Crippen molar-refractivity contribution in [2.24, 2.45) is 0 Å². The van der Waals surface area contributed by atoms with Crippen LogP contribution in [0.15, 0.2) is 54.6 Å². The molecule has 3 aromatic rings. The highest BCUT2D eigenvalue weighted by molar-refractivity contribution is 6.31. The first-order valence-corrected chi connectivity index (χ1v) is 11.1. The van der Waals surface area contributed by atoms with E-state index in [1.807, 2.05) is 0 Å². The largest absolute Gasteiger partial charge is 0.493 e. The molecule has 2 amide bonds. The van der Waals surface area contributed by atoms with E-state index in [0.29, 0.717) is 22.6 Å². The lowest BCUT2D eigenvalue weighted by Gasteiger charge is -2.40. The van der Waals surface area contributed by atoms with Crippen molar-refractivity contribution >= 4 is 23.4 Å². The molecule has 0 fully saturated rings. The number of nitrogens with one attached hydrogen (secondary N) is 1. The molecule has 6 nitrogen and oxygen atoms in total. The lowest BCUT2D eigenvalue weighted by atomic mass is 9.79. The molecule has 35 heavy (non-hydrogen) atoms. The SMILES string of the molecule is COc1cc2c(cc1OC)[C@H](C(=O)NCc1ccc(F)cc1Cl)[C@H](c1ccccc1F)N(C)C2=O. The number of ether oxygens (including phenoxy) is 2. The lowest BCUT2D eigenvalue weighted by molar-refractivity contribution is -0.124. The number of amides is 2.